The van der Waals surface area contributed by atoms with Crippen LogP contribution in [0.1, 0.15) is 19.5 Å². The lowest BCUT2D eigenvalue weighted by Crippen LogP contribution is -2.15. The van der Waals surface area contributed by atoms with Crippen LogP contribution in [0.2, 0.25) is 0 Å². The largest absolute Gasteiger partial charge is 0.392 e. The molecule has 0 aliphatic carbocycles. The van der Waals surface area contributed by atoms with Gasteiger partial charge < -0.3 is 5.11 Å². The minimum absolute atomic E-state index is 0.238. The van der Waals surface area contributed by atoms with Crippen molar-refractivity contribution in [1.82, 2.24) is 9.97 Å². The van der Waals surface area contributed by atoms with Crippen molar-refractivity contribution in [3.05, 3.63) is 24.3 Å². The maximum absolute atomic E-state index is 9.24. The summed E-state index contributed by atoms with van der Waals surface area (Å²) in [6.07, 6.45) is 4.82. The number of nitrogens with zero attached hydrogens (tertiary/aromatic N) is 2. The van der Waals surface area contributed by atoms with Crippen LogP contribution in [0.25, 0.3) is 0 Å². The van der Waals surface area contributed by atoms with E-state index in [1.807, 2.05) is 6.92 Å². The molecular weight excluding hydrogens is 184 g/mol. The summed E-state index contributed by atoms with van der Waals surface area (Å²) >= 11 is 1.69. The number of rotatable bonds is 4. The van der Waals surface area contributed by atoms with Crippen LogP contribution in [0.5, 0.6) is 0 Å². The summed E-state index contributed by atoms with van der Waals surface area (Å²) in [6, 6.07) is 0. The van der Waals surface area contributed by atoms with Gasteiger partial charge in [-0.1, -0.05) is 6.92 Å². The Morgan fingerprint density at radius 3 is 2.77 bits per heavy atom. The van der Waals surface area contributed by atoms with Gasteiger partial charge in [-0.3, -0.25) is 9.97 Å². The van der Waals surface area contributed by atoms with Crippen LogP contribution in [0.3, 0.4) is 0 Å². The van der Waals surface area contributed by atoms with E-state index < -0.39 is 0 Å². The average Bonchev–Trinajstić information content (AvgIpc) is 2.15. The first-order chi connectivity index (χ1) is 6.20. The van der Waals surface area contributed by atoms with E-state index in [1.165, 1.54) is 0 Å². The SMILES string of the molecule is CC(O)C(C)SCc1cnccn1. The van der Waals surface area contributed by atoms with Crippen LogP contribution in [-0.4, -0.2) is 26.4 Å². The summed E-state index contributed by atoms with van der Waals surface area (Å²) in [5.41, 5.74) is 0.958. The normalized spacial score (nSPS) is 15.3. The van der Waals surface area contributed by atoms with Crippen molar-refractivity contribution in [3.8, 4) is 0 Å². The van der Waals surface area contributed by atoms with Gasteiger partial charge in [-0.05, 0) is 6.92 Å². The highest BCUT2D eigenvalue weighted by Gasteiger charge is 2.09. The topological polar surface area (TPSA) is 46.0 Å². The highest BCUT2D eigenvalue weighted by molar-refractivity contribution is 7.99. The van der Waals surface area contributed by atoms with Crippen LogP contribution in [-0.2, 0) is 5.75 Å². The van der Waals surface area contributed by atoms with Crippen molar-refractivity contribution in [2.24, 2.45) is 0 Å². The number of hydrogen-bond donors (Lipinski definition) is 1. The van der Waals surface area contributed by atoms with Gasteiger partial charge in [-0.25, -0.2) is 0 Å². The predicted octanol–water partition coefficient (Wildman–Crippen LogP) is 1.48. The summed E-state index contributed by atoms with van der Waals surface area (Å²) in [6.45, 7) is 3.81. The standard InChI is InChI=1S/C9H14N2OS/c1-7(12)8(2)13-6-9-5-10-3-4-11-9/h3-5,7-8,12H,6H2,1-2H3. The molecule has 0 saturated heterocycles. The van der Waals surface area contributed by atoms with Crippen LogP contribution in [0, 0.1) is 0 Å². The first-order valence-corrected chi connectivity index (χ1v) is 5.29. The van der Waals surface area contributed by atoms with Crippen LogP contribution in [0.4, 0.5) is 0 Å². The first-order valence-electron chi connectivity index (χ1n) is 4.24. The molecule has 1 heterocycles. The molecule has 0 spiro atoms. The highest BCUT2D eigenvalue weighted by atomic mass is 32.2. The Hall–Kier alpha value is -0.610. The van der Waals surface area contributed by atoms with E-state index in [9.17, 15) is 5.11 Å². The fourth-order valence-corrected chi connectivity index (χ4v) is 1.62. The molecule has 0 saturated carbocycles. The van der Waals surface area contributed by atoms with E-state index in [4.69, 9.17) is 0 Å². The van der Waals surface area contributed by atoms with Crippen LogP contribution >= 0.6 is 11.8 Å². The minimum atomic E-state index is -0.276. The monoisotopic (exact) mass is 198 g/mol. The molecule has 0 bridgehead atoms. The van der Waals surface area contributed by atoms with Gasteiger partial charge in [0, 0.05) is 29.6 Å². The molecule has 0 radical (unpaired) electrons. The lowest BCUT2D eigenvalue weighted by Gasteiger charge is -2.12. The predicted molar refractivity (Wildman–Crippen MR) is 54.5 cm³/mol. The average molecular weight is 198 g/mol. The Morgan fingerprint density at radius 2 is 2.23 bits per heavy atom. The third-order valence-corrected chi connectivity index (χ3v) is 3.17. The lowest BCUT2D eigenvalue weighted by molar-refractivity contribution is 0.196. The number of aliphatic hydroxyl groups excluding tert-OH is 1. The van der Waals surface area contributed by atoms with Gasteiger partial charge in [-0.2, -0.15) is 0 Å². The zero-order valence-electron chi connectivity index (χ0n) is 7.84. The van der Waals surface area contributed by atoms with Gasteiger partial charge in [0.05, 0.1) is 11.8 Å². The Morgan fingerprint density at radius 1 is 1.46 bits per heavy atom. The van der Waals surface area contributed by atoms with Gasteiger partial charge in [0.1, 0.15) is 0 Å². The molecule has 1 aromatic heterocycles. The Labute approximate surface area is 82.6 Å². The van der Waals surface area contributed by atoms with Crippen molar-refractivity contribution in [2.75, 3.05) is 0 Å². The number of thioether (sulfide) groups is 1. The van der Waals surface area contributed by atoms with E-state index in [0.29, 0.717) is 0 Å². The lowest BCUT2D eigenvalue weighted by atomic mass is 10.3. The smallest absolute Gasteiger partial charge is 0.0685 e. The van der Waals surface area contributed by atoms with Gasteiger partial charge >= 0.3 is 0 Å². The molecule has 0 amide bonds. The second-order valence-corrected chi connectivity index (χ2v) is 4.32. The third-order valence-electron chi connectivity index (χ3n) is 1.79. The number of aliphatic hydroxyl groups is 1. The molecule has 2 atom stereocenters. The van der Waals surface area contributed by atoms with Gasteiger partial charge in [-0.15, -0.1) is 11.8 Å². The van der Waals surface area contributed by atoms with Crippen LogP contribution in [0.15, 0.2) is 18.6 Å². The number of hydrogen-bond acceptors (Lipinski definition) is 4. The summed E-state index contributed by atoms with van der Waals surface area (Å²) in [7, 11) is 0. The third kappa shape index (κ3) is 3.74. The molecule has 72 valence electrons. The van der Waals surface area contributed by atoms with E-state index in [-0.39, 0.29) is 11.4 Å². The summed E-state index contributed by atoms with van der Waals surface area (Å²) in [5.74, 6) is 0.805. The quantitative estimate of drug-likeness (QED) is 0.796. The molecule has 0 aliphatic rings. The van der Waals surface area contributed by atoms with Gasteiger partial charge in [0.25, 0.3) is 0 Å². The molecular formula is C9H14N2OS. The highest BCUT2D eigenvalue weighted by Crippen LogP contribution is 2.18. The zero-order valence-corrected chi connectivity index (χ0v) is 8.66. The Kier molecular flexibility index (Phi) is 4.18. The second-order valence-electron chi connectivity index (χ2n) is 2.95. The van der Waals surface area contributed by atoms with Crippen molar-refractivity contribution < 1.29 is 5.11 Å². The van der Waals surface area contributed by atoms with E-state index >= 15 is 0 Å². The van der Waals surface area contributed by atoms with Crippen molar-refractivity contribution >= 4 is 11.8 Å². The first kappa shape index (κ1) is 10.5. The zero-order chi connectivity index (χ0) is 9.68. The fraction of sp³-hybridized carbons (Fsp3) is 0.556. The Bertz CT molecular complexity index is 241. The van der Waals surface area contributed by atoms with Crippen molar-refractivity contribution in [1.29, 1.82) is 0 Å². The van der Waals surface area contributed by atoms with Crippen molar-refractivity contribution in [3.63, 3.8) is 0 Å². The van der Waals surface area contributed by atoms with Gasteiger partial charge in [0.2, 0.25) is 0 Å². The van der Waals surface area contributed by atoms with E-state index in [0.717, 1.165) is 11.4 Å². The Balaban J connectivity index is 2.35. The summed E-state index contributed by atoms with van der Waals surface area (Å²) in [4.78, 5) is 8.11. The van der Waals surface area contributed by atoms with E-state index in [2.05, 4.69) is 9.97 Å². The second kappa shape index (κ2) is 5.19. The molecule has 4 heteroatoms. The molecule has 1 aromatic rings. The molecule has 0 aliphatic heterocycles. The molecule has 1 N–H and O–H groups in total. The molecule has 1 rings (SSSR count). The number of aromatic nitrogens is 2. The molecule has 2 unspecified atom stereocenters. The summed E-state index contributed by atoms with van der Waals surface area (Å²) in [5, 5.41) is 9.48. The minimum Gasteiger partial charge on any atom is -0.392 e. The molecule has 3 nitrogen and oxygen atoms in total. The van der Waals surface area contributed by atoms with E-state index in [1.54, 1.807) is 37.3 Å². The molecule has 0 aromatic carbocycles. The molecule has 13 heavy (non-hydrogen) atoms. The molecule has 0 fully saturated rings. The van der Waals surface area contributed by atoms with Crippen molar-refractivity contribution in [2.45, 2.75) is 31.0 Å². The maximum Gasteiger partial charge on any atom is 0.0685 e. The van der Waals surface area contributed by atoms with Gasteiger partial charge in [0.15, 0.2) is 0 Å². The summed E-state index contributed by atoms with van der Waals surface area (Å²) < 4.78 is 0. The van der Waals surface area contributed by atoms with Crippen LogP contribution < -0.4 is 0 Å². The maximum atomic E-state index is 9.24. The fourth-order valence-electron chi connectivity index (χ4n) is 0.761.